The number of piperazine rings is 1. The van der Waals surface area contributed by atoms with Crippen molar-refractivity contribution >= 4 is 11.7 Å². The Balaban J connectivity index is 1.69. The highest BCUT2D eigenvalue weighted by atomic mass is 19.1. The third-order valence-electron chi connectivity index (χ3n) is 4.21. The van der Waals surface area contributed by atoms with E-state index in [0.717, 1.165) is 36.6 Å². The number of hydrogen-bond acceptors (Lipinski definition) is 4. The zero-order chi connectivity index (χ0) is 16.9. The monoisotopic (exact) mass is 328 g/mol. The summed E-state index contributed by atoms with van der Waals surface area (Å²) in [7, 11) is 0. The van der Waals surface area contributed by atoms with Crippen LogP contribution in [-0.2, 0) is 4.79 Å². The van der Waals surface area contributed by atoms with E-state index in [1.54, 1.807) is 12.1 Å². The third-order valence-corrected chi connectivity index (χ3v) is 4.21. The molecule has 6 heteroatoms. The van der Waals surface area contributed by atoms with Gasteiger partial charge in [0.15, 0.2) is 0 Å². The summed E-state index contributed by atoms with van der Waals surface area (Å²) in [6.07, 6.45) is 3.02. The maximum absolute atomic E-state index is 13.1. The second-order valence-corrected chi connectivity index (χ2v) is 5.89. The van der Waals surface area contributed by atoms with Gasteiger partial charge in [0.1, 0.15) is 18.0 Å². The van der Waals surface area contributed by atoms with Gasteiger partial charge < -0.3 is 9.80 Å². The number of anilines is 1. The first-order valence-electron chi connectivity index (χ1n) is 8.28. The number of nitrogens with zero attached hydrogens (tertiary/aromatic N) is 4. The van der Waals surface area contributed by atoms with Crippen LogP contribution in [-0.4, -0.2) is 47.0 Å². The highest BCUT2D eigenvalue weighted by Gasteiger charge is 2.21. The van der Waals surface area contributed by atoms with Crippen LogP contribution >= 0.6 is 0 Å². The number of rotatable bonds is 4. The summed E-state index contributed by atoms with van der Waals surface area (Å²) < 4.78 is 13.1. The second-order valence-electron chi connectivity index (χ2n) is 5.89. The maximum atomic E-state index is 13.1. The Morgan fingerprint density at radius 2 is 1.83 bits per heavy atom. The first-order chi connectivity index (χ1) is 11.7. The Morgan fingerprint density at radius 3 is 2.50 bits per heavy atom. The molecule has 0 radical (unpaired) electrons. The molecule has 0 aliphatic carbocycles. The largest absolute Gasteiger partial charge is 0.353 e. The van der Waals surface area contributed by atoms with E-state index in [-0.39, 0.29) is 11.7 Å². The van der Waals surface area contributed by atoms with Crippen LogP contribution in [0.25, 0.3) is 11.3 Å². The quantitative estimate of drug-likeness (QED) is 0.866. The minimum atomic E-state index is -0.263. The highest BCUT2D eigenvalue weighted by molar-refractivity contribution is 5.76. The van der Waals surface area contributed by atoms with Crippen LogP contribution in [0.3, 0.4) is 0 Å². The van der Waals surface area contributed by atoms with Crippen LogP contribution in [0.2, 0.25) is 0 Å². The molecule has 1 aliphatic heterocycles. The molecule has 1 amide bonds. The lowest BCUT2D eigenvalue weighted by atomic mass is 10.1. The Morgan fingerprint density at radius 1 is 1.12 bits per heavy atom. The predicted octanol–water partition coefficient (Wildman–Crippen LogP) is 2.73. The average Bonchev–Trinajstić information content (AvgIpc) is 2.63. The van der Waals surface area contributed by atoms with Crippen LogP contribution in [0.1, 0.15) is 19.8 Å². The molecule has 3 rings (SSSR count). The second kappa shape index (κ2) is 7.38. The maximum Gasteiger partial charge on any atom is 0.222 e. The molecule has 2 aromatic rings. The molecule has 1 aromatic heterocycles. The molecule has 0 bridgehead atoms. The SMILES string of the molecule is CCCC(=O)N1CCN(c2cc(-c3ccc(F)cc3)ncn2)CC1. The normalized spacial score (nSPS) is 14.8. The molecule has 0 saturated carbocycles. The van der Waals surface area contributed by atoms with E-state index >= 15 is 0 Å². The van der Waals surface area contributed by atoms with E-state index < -0.39 is 0 Å². The number of hydrogen-bond donors (Lipinski definition) is 0. The number of benzene rings is 1. The Bertz CT molecular complexity index is 696. The summed E-state index contributed by atoms with van der Waals surface area (Å²) in [5, 5.41) is 0. The predicted molar refractivity (Wildman–Crippen MR) is 91.1 cm³/mol. The summed E-state index contributed by atoms with van der Waals surface area (Å²) in [4.78, 5) is 24.7. The Hall–Kier alpha value is -2.50. The van der Waals surface area contributed by atoms with Gasteiger partial charge in [0.05, 0.1) is 5.69 Å². The van der Waals surface area contributed by atoms with Crippen LogP contribution in [0, 0.1) is 5.82 Å². The van der Waals surface area contributed by atoms with Crippen molar-refractivity contribution in [3.63, 3.8) is 0 Å². The van der Waals surface area contributed by atoms with E-state index in [1.807, 2.05) is 17.9 Å². The van der Waals surface area contributed by atoms with Crippen LogP contribution in [0.15, 0.2) is 36.7 Å². The van der Waals surface area contributed by atoms with Gasteiger partial charge in [0, 0.05) is 44.2 Å². The van der Waals surface area contributed by atoms with Gasteiger partial charge in [-0.05, 0) is 30.7 Å². The number of carbonyl (C=O) groups excluding carboxylic acids is 1. The average molecular weight is 328 g/mol. The summed E-state index contributed by atoms with van der Waals surface area (Å²) in [5.41, 5.74) is 1.63. The fraction of sp³-hybridized carbons (Fsp3) is 0.389. The van der Waals surface area contributed by atoms with Crippen molar-refractivity contribution in [2.24, 2.45) is 0 Å². The minimum absolute atomic E-state index is 0.229. The van der Waals surface area contributed by atoms with E-state index in [9.17, 15) is 9.18 Å². The van der Waals surface area contributed by atoms with Crippen LogP contribution < -0.4 is 4.90 Å². The van der Waals surface area contributed by atoms with Crippen molar-refractivity contribution in [1.82, 2.24) is 14.9 Å². The molecule has 1 fully saturated rings. The van der Waals surface area contributed by atoms with E-state index in [4.69, 9.17) is 0 Å². The van der Waals surface area contributed by atoms with E-state index in [0.29, 0.717) is 19.5 Å². The molecule has 24 heavy (non-hydrogen) atoms. The molecular formula is C18H21FN4O. The molecule has 5 nitrogen and oxygen atoms in total. The standard InChI is InChI=1S/C18H21FN4O/c1-2-3-18(24)23-10-8-22(9-11-23)17-12-16(20-13-21-17)14-4-6-15(19)7-5-14/h4-7,12-13H,2-3,8-11H2,1H3. The Kier molecular flexibility index (Phi) is 5.03. The first-order valence-corrected chi connectivity index (χ1v) is 8.28. The van der Waals surface area contributed by atoms with Gasteiger partial charge in [-0.3, -0.25) is 4.79 Å². The molecule has 1 aromatic carbocycles. The minimum Gasteiger partial charge on any atom is -0.353 e. The number of carbonyl (C=O) groups is 1. The zero-order valence-electron chi connectivity index (χ0n) is 13.8. The molecule has 1 saturated heterocycles. The molecule has 126 valence electrons. The molecule has 0 atom stereocenters. The summed E-state index contributed by atoms with van der Waals surface area (Å²) in [6, 6.07) is 8.19. The topological polar surface area (TPSA) is 49.3 Å². The van der Waals surface area contributed by atoms with Gasteiger partial charge in [-0.2, -0.15) is 0 Å². The van der Waals surface area contributed by atoms with Crippen molar-refractivity contribution in [3.05, 3.63) is 42.5 Å². The molecular weight excluding hydrogens is 307 g/mol. The molecule has 1 aliphatic rings. The number of aromatic nitrogens is 2. The van der Waals surface area contributed by atoms with Crippen molar-refractivity contribution in [3.8, 4) is 11.3 Å². The molecule has 0 N–H and O–H groups in total. The molecule has 2 heterocycles. The molecule has 0 unspecified atom stereocenters. The van der Waals surface area contributed by atoms with E-state index in [2.05, 4.69) is 14.9 Å². The first kappa shape index (κ1) is 16.4. The number of halogens is 1. The van der Waals surface area contributed by atoms with Crippen LogP contribution in [0.4, 0.5) is 10.2 Å². The Labute approximate surface area is 141 Å². The van der Waals surface area contributed by atoms with E-state index in [1.165, 1.54) is 18.5 Å². The third kappa shape index (κ3) is 3.69. The fourth-order valence-electron chi connectivity index (χ4n) is 2.86. The summed E-state index contributed by atoms with van der Waals surface area (Å²) >= 11 is 0. The smallest absolute Gasteiger partial charge is 0.222 e. The zero-order valence-corrected chi connectivity index (χ0v) is 13.8. The van der Waals surface area contributed by atoms with Crippen LogP contribution in [0.5, 0.6) is 0 Å². The van der Waals surface area contributed by atoms with Crippen molar-refractivity contribution in [1.29, 1.82) is 0 Å². The van der Waals surface area contributed by atoms with Crippen molar-refractivity contribution < 1.29 is 9.18 Å². The summed E-state index contributed by atoms with van der Waals surface area (Å²) in [5.74, 6) is 0.805. The van der Waals surface area contributed by atoms with Gasteiger partial charge in [-0.1, -0.05) is 6.92 Å². The number of amides is 1. The molecule has 0 spiro atoms. The van der Waals surface area contributed by atoms with Gasteiger partial charge in [0.2, 0.25) is 5.91 Å². The lowest BCUT2D eigenvalue weighted by molar-refractivity contribution is -0.131. The van der Waals surface area contributed by atoms with Gasteiger partial charge in [-0.25, -0.2) is 14.4 Å². The van der Waals surface area contributed by atoms with Crippen molar-refractivity contribution in [2.75, 3.05) is 31.1 Å². The highest BCUT2D eigenvalue weighted by Crippen LogP contribution is 2.22. The lowest BCUT2D eigenvalue weighted by Gasteiger charge is -2.35. The van der Waals surface area contributed by atoms with Gasteiger partial charge in [-0.15, -0.1) is 0 Å². The van der Waals surface area contributed by atoms with Gasteiger partial charge in [0.25, 0.3) is 0 Å². The van der Waals surface area contributed by atoms with Gasteiger partial charge >= 0.3 is 0 Å². The lowest BCUT2D eigenvalue weighted by Crippen LogP contribution is -2.49. The summed E-state index contributed by atoms with van der Waals surface area (Å²) in [6.45, 7) is 4.97. The fourth-order valence-corrected chi connectivity index (χ4v) is 2.86. The van der Waals surface area contributed by atoms with Crippen molar-refractivity contribution in [2.45, 2.75) is 19.8 Å².